The number of fused-ring (bicyclic) bond motifs is 1. The van der Waals surface area contributed by atoms with Crippen LogP contribution >= 0.6 is 11.6 Å². The summed E-state index contributed by atoms with van der Waals surface area (Å²) < 4.78 is 1.74. The lowest BCUT2D eigenvalue weighted by Gasteiger charge is -2.08. The number of hydrogen-bond acceptors (Lipinski definition) is 2. The number of nitrogens with one attached hydrogen (secondary N) is 1. The maximum absolute atomic E-state index is 13.0. The number of carbonyl (C=O) groups is 2. The Hall–Kier alpha value is -3.37. The highest BCUT2D eigenvalue weighted by molar-refractivity contribution is 6.43. The summed E-state index contributed by atoms with van der Waals surface area (Å²) in [5, 5.41) is 3.33. The number of carbonyl (C=O) groups excluding carboxylic acids is 2. The van der Waals surface area contributed by atoms with E-state index in [1.165, 1.54) is 0 Å². The summed E-state index contributed by atoms with van der Waals surface area (Å²) in [6.45, 7) is 0.297. The number of nitrogens with zero attached hydrogens (tertiary/aromatic N) is 1. The summed E-state index contributed by atoms with van der Waals surface area (Å²) in [5.74, 6) is -1.21. The van der Waals surface area contributed by atoms with Crippen molar-refractivity contribution < 1.29 is 9.59 Å². The van der Waals surface area contributed by atoms with Gasteiger partial charge in [-0.05, 0) is 41.5 Å². The standard InChI is InChI=1S/C23H17ClN2O2/c24-18-11-9-17(10-12-18)20-14-19-8-4-5-13-26(19)21(20)22(27)23(28)25-15-16-6-2-1-3-7-16/h1-14H,15H2,(H,25,28). The Morgan fingerprint density at radius 1 is 0.893 bits per heavy atom. The van der Waals surface area contributed by atoms with E-state index in [0.717, 1.165) is 16.6 Å². The van der Waals surface area contributed by atoms with Gasteiger partial charge in [-0.15, -0.1) is 0 Å². The normalized spacial score (nSPS) is 10.8. The summed E-state index contributed by atoms with van der Waals surface area (Å²) in [6, 6.07) is 24.2. The van der Waals surface area contributed by atoms with Crippen LogP contribution in [0.15, 0.2) is 85.1 Å². The van der Waals surface area contributed by atoms with Gasteiger partial charge in [0.25, 0.3) is 11.7 Å². The fourth-order valence-electron chi connectivity index (χ4n) is 3.17. The third kappa shape index (κ3) is 3.55. The van der Waals surface area contributed by atoms with Gasteiger partial charge in [0.2, 0.25) is 0 Å². The lowest BCUT2D eigenvalue weighted by atomic mass is 10.0. The van der Waals surface area contributed by atoms with E-state index < -0.39 is 11.7 Å². The predicted octanol–water partition coefficient (Wildman–Crippen LogP) is 4.76. The summed E-state index contributed by atoms with van der Waals surface area (Å²) in [5.41, 5.74) is 3.63. The van der Waals surface area contributed by atoms with Gasteiger partial charge in [0.1, 0.15) is 5.69 Å². The zero-order chi connectivity index (χ0) is 19.5. The van der Waals surface area contributed by atoms with Crippen molar-refractivity contribution in [3.63, 3.8) is 0 Å². The fourth-order valence-corrected chi connectivity index (χ4v) is 3.30. The van der Waals surface area contributed by atoms with Gasteiger partial charge in [-0.1, -0.05) is 60.1 Å². The summed E-state index contributed by atoms with van der Waals surface area (Å²) in [4.78, 5) is 25.6. The molecule has 0 saturated heterocycles. The van der Waals surface area contributed by atoms with Crippen LogP contribution in [0.4, 0.5) is 0 Å². The van der Waals surface area contributed by atoms with Gasteiger partial charge in [-0.2, -0.15) is 0 Å². The molecule has 28 heavy (non-hydrogen) atoms. The minimum absolute atomic E-state index is 0.297. The maximum Gasteiger partial charge on any atom is 0.294 e. The summed E-state index contributed by atoms with van der Waals surface area (Å²) in [7, 11) is 0. The highest BCUT2D eigenvalue weighted by atomic mass is 35.5. The predicted molar refractivity (Wildman–Crippen MR) is 110 cm³/mol. The molecule has 0 saturated carbocycles. The molecule has 0 aliphatic heterocycles. The van der Waals surface area contributed by atoms with Crippen molar-refractivity contribution in [1.82, 2.24) is 9.72 Å². The number of amides is 1. The molecule has 0 bridgehead atoms. The third-order valence-electron chi connectivity index (χ3n) is 4.55. The molecule has 0 unspecified atom stereocenters. The molecule has 2 aromatic carbocycles. The molecule has 0 spiro atoms. The topological polar surface area (TPSA) is 50.6 Å². The number of ketones is 1. The molecule has 0 atom stereocenters. The molecule has 4 rings (SSSR count). The molecule has 0 radical (unpaired) electrons. The van der Waals surface area contributed by atoms with Gasteiger partial charge in [0.05, 0.1) is 0 Å². The van der Waals surface area contributed by atoms with E-state index in [1.807, 2.05) is 66.7 Å². The monoisotopic (exact) mass is 388 g/mol. The zero-order valence-electron chi connectivity index (χ0n) is 14.9. The van der Waals surface area contributed by atoms with Crippen LogP contribution in [0, 0.1) is 0 Å². The van der Waals surface area contributed by atoms with Crippen molar-refractivity contribution in [3.05, 3.63) is 101 Å². The van der Waals surface area contributed by atoms with Crippen LogP contribution in [0.3, 0.4) is 0 Å². The molecule has 4 nitrogen and oxygen atoms in total. The molecule has 1 amide bonds. The van der Waals surface area contributed by atoms with Crippen molar-refractivity contribution in [2.45, 2.75) is 6.54 Å². The maximum atomic E-state index is 13.0. The fraction of sp³-hybridized carbons (Fsp3) is 0.0435. The Morgan fingerprint density at radius 2 is 1.61 bits per heavy atom. The number of aromatic nitrogens is 1. The van der Waals surface area contributed by atoms with Gasteiger partial charge in [0, 0.05) is 28.8 Å². The largest absolute Gasteiger partial charge is 0.345 e. The highest BCUT2D eigenvalue weighted by Gasteiger charge is 2.24. The molecular formula is C23H17ClN2O2. The van der Waals surface area contributed by atoms with Crippen LogP contribution in [0.5, 0.6) is 0 Å². The van der Waals surface area contributed by atoms with Crippen molar-refractivity contribution in [2.24, 2.45) is 0 Å². The first-order chi connectivity index (χ1) is 13.6. The van der Waals surface area contributed by atoms with Crippen LogP contribution in [0.1, 0.15) is 16.1 Å². The quantitative estimate of drug-likeness (QED) is 0.396. The first-order valence-corrected chi connectivity index (χ1v) is 9.24. The van der Waals surface area contributed by atoms with Crippen LogP contribution < -0.4 is 5.32 Å². The van der Waals surface area contributed by atoms with Crippen molar-refractivity contribution in [3.8, 4) is 11.1 Å². The number of halogens is 1. The molecule has 138 valence electrons. The Labute approximate surface area is 167 Å². The van der Waals surface area contributed by atoms with E-state index in [9.17, 15) is 9.59 Å². The molecule has 2 aromatic heterocycles. The first kappa shape index (κ1) is 18.0. The lowest BCUT2D eigenvalue weighted by Crippen LogP contribution is -2.31. The van der Waals surface area contributed by atoms with E-state index in [0.29, 0.717) is 22.8 Å². The first-order valence-electron chi connectivity index (χ1n) is 8.86. The second kappa shape index (κ2) is 7.71. The average Bonchev–Trinajstić information content (AvgIpc) is 3.12. The molecule has 1 N–H and O–H groups in total. The highest BCUT2D eigenvalue weighted by Crippen LogP contribution is 2.29. The number of pyridine rings is 1. The smallest absolute Gasteiger partial charge is 0.294 e. The number of hydrogen-bond donors (Lipinski definition) is 1. The minimum Gasteiger partial charge on any atom is -0.345 e. The second-order valence-corrected chi connectivity index (χ2v) is 6.84. The molecule has 4 aromatic rings. The van der Waals surface area contributed by atoms with Gasteiger partial charge < -0.3 is 9.72 Å². The second-order valence-electron chi connectivity index (χ2n) is 6.41. The lowest BCUT2D eigenvalue weighted by molar-refractivity contribution is -0.117. The summed E-state index contributed by atoms with van der Waals surface area (Å²) >= 11 is 5.99. The minimum atomic E-state index is -0.636. The molecule has 2 heterocycles. The molecule has 5 heteroatoms. The number of Topliss-reactive ketones (excluding diaryl/α,β-unsaturated/α-hetero) is 1. The molecule has 0 aliphatic rings. The van der Waals surface area contributed by atoms with Crippen LogP contribution in [-0.2, 0) is 11.3 Å². The Kier molecular flexibility index (Phi) is 4.96. The van der Waals surface area contributed by atoms with E-state index in [2.05, 4.69) is 5.32 Å². The van der Waals surface area contributed by atoms with E-state index in [4.69, 9.17) is 11.6 Å². The van der Waals surface area contributed by atoms with Gasteiger partial charge in [-0.3, -0.25) is 9.59 Å². The van der Waals surface area contributed by atoms with Gasteiger partial charge in [0.15, 0.2) is 0 Å². The van der Waals surface area contributed by atoms with Crippen molar-refractivity contribution >= 4 is 28.8 Å². The Bertz CT molecular complexity index is 1150. The van der Waals surface area contributed by atoms with E-state index in [-0.39, 0.29) is 0 Å². The number of rotatable bonds is 5. The number of benzene rings is 2. The van der Waals surface area contributed by atoms with E-state index in [1.54, 1.807) is 22.7 Å². The molecular weight excluding hydrogens is 372 g/mol. The van der Waals surface area contributed by atoms with Gasteiger partial charge in [-0.25, -0.2) is 0 Å². The summed E-state index contributed by atoms with van der Waals surface area (Å²) in [6.07, 6.45) is 1.78. The van der Waals surface area contributed by atoms with Crippen LogP contribution in [-0.4, -0.2) is 16.1 Å². The van der Waals surface area contributed by atoms with Crippen LogP contribution in [0.25, 0.3) is 16.6 Å². The zero-order valence-corrected chi connectivity index (χ0v) is 15.7. The van der Waals surface area contributed by atoms with Crippen molar-refractivity contribution in [1.29, 1.82) is 0 Å². The molecule has 0 fully saturated rings. The van der Waals surface area contributed by atoms with E-state index >= 15 is 0 Å². The van der Waals surface area contributed by atoms with Crippen molar-refractivity contribution in [2.75, 3.05) is 0 Å². The average molecular weight is 389 g/mol. The van der Waals surface area contributed by atoms with Crippen LogP contribution in [0.2, 0.25) is 5.02 Å². The Balaban J connectivity index is 1.70. The molecule has 0 aliphatic carbocycles. The third-order valence-corrected chi connectivity index (χ3v) is 4.80. The van der Waals surface area contributed by atoms with Gasteiger partial charge >= 0.3 is 0 Å². The SMILES string of the molecule is O=C(NCc1ccccc1)C(=O)c1c(-c2ccc(Cl)cc2)cc2ccccn12. The Morgan fingerprint density at radius 3 is 2.36 bits per heavy atom.